The van der Waals surface area contributed by atoms with Gasteiger partial charge < -0.3 is 5.32 Å². The summed E-state index contributed by atoms with van der Waals surface area (Å²) in [6, 6.07) is 7.50. The lowest BCUT2D eigenvalue weighted by atomic mass is 10.1. The van der Waals surface area contributed by atoms with Gasteiger partial charge in [0.2, 0.25) is 0 Å². The number of nitrogens with zero attached hydrogens (tertiary/aromatic N) is 1. The second-order valence-corrected chi connectivity index (χ2v) is 7.57. The molecule has 0 aromatic carbocycles. The molecule has 2 aromatic rings. The number of hydrogen-bond acceptors (Lipinski definition) is 3. The molecule has 2 heterocycles. The summed E-state index contributed by atoms with van der Waals surface area (Å²) >= 11 is 11.1. The first-order chi connectivity index (χ1) is 10.1. The molecule has 3 nitrogen and oxygen atoms in total. The van der Waals surface area contributed by atoms with E-state index in [0.29, 0.717) is 17.3 Å². The average molecular weight is 388 g/mol. The predicted molar refractivity (Wildman–Crippen MR) is 91.3 cm³/mol. The lowest BCUT2D eigenvalue weighted by Gasteiger charge is -2.07. The number of nitrogens with one attached hydrogen (secondary N) is 1. The number of pyridine rings is 1. The van der Waals surface area contributed by atoms with Crippen molar-refractivity contribution >= 4 is 44.8 Å². The SMILES string of the molecule is CCCc1cc(C(=O)NCCc2ccc(Br)s2)cc(Cl)n1. The fourth-order valence-corrected chi connectivity index (χ4v) is 3.66. The van der Waals surface area contributed by atoms with Gasteiger partial charge in [0, 0.05) is 22.7 Å². The van der Waals surface area contributed by atoms with Gasteiger partial charge in [0.15, 0.2) is 0 Å². The zero-order valence-electron chi connectivity index (χ0n) is 11.7. The molecule has 1 amide bonds. The van der Waals surface area contributed by atoms with Crippen LogP contribution in [0.3, 0.4) is 0 Å². The fourth-order valence-electron chi connectivity index (χ4n) is 1.95. The van der Waals surface area contributed by atoms with Gasteiger partial charge in [-0.2, -0.15) is 0 Å². The first kappa shape index (κ1) is 16.5. The monoisotopic (exact) mass is 386 g/mol. The van der Waals surface area contributed by atoms with Gasteiger partial charge in [-0.15, -0.1) is 11.3 Å². The molecule has 21 heavy (non-hydrogen) atoms. The zero-order chi connectivity index (χ0) is 15.2. The van der Waals surface area contributed by atoms with E-state index in [1.807, 2.05) is 12.1 Å². The summed E-state index contributed by atoms with van der Waals surface area (Å²) in [4.78, 5) is 17.6. The summed E-state index contributed by atoms with van der Waals surface area (Å²) in [7, 11) is 0. The number of thiophene rings is 1. The Labute approximate surface area is 141 Å². The molecule has 0 aliphatic heterocycles. The van der Waals surface area contributed by atoms with Gasteiger partial charge in [0.25, 0.3) is 5.91 Å². The van der Waals surface area contributed by atoms with Crippen molar-refractivity contribution in [3.63, 3.8) is 0 Å². The molecule has 112 valence electrons. The van der Waals surface area contributed by atoms with Crippen LogP contribution in [-0.2, 0) is 12.8 Å². The van der Waals surface area contributed by atoms with Crippen LogP contribution >= 0.6 is 38.9 Å². The highest BCUT2D eigenvalue weighted by atomic mass is 79.9. The second kappa shape index (κ2) is 7.92. The minimum absolute atomic E-state index is 0.104. The number of carbonyl (C=O) groups excluding carboxylic acids is 1. The van der Waals surface area contributed by atoms with Crippen molar-refractivity contribution in [3.8, 4) is 0 Å². The largest absolute Gasteiger partial charge is 0.352 e. The van der Waals surface area contributed by atoms with Crippen molar-refractivity contribution in [2.75, 3.05) is 6.54 Å². The Bertz CT molecular complexity index is 630. The van der Waals surface area contributed by atoms with Gasteiger partial charge in [0.05, 0.1) is 3.79 Å². The molecular formula is C15H16BrClN2OS. The molecule has 1 N–H and O–H groups in total. The molecule has 0 saturated heterocycles. The molecule has 0 saturated carbocycles. The van der Waals surface area contributed by atoms with Crippen LogP contribution in [0.1, 0.15) is 34.3 Å². The van der Waals surface area contributed by atoms with Gasteiger partial charge in [-0.25, -0.2) is 4.98 Å². The second-order valence-electron chi connectivity index (χ2n) is 4.63. The number of hydrogen-bond donors (Lipinski definition) is 1. The van der Waals surface area contributed by atoms with E-state index in [-0.39, 0.29) is 5.91 Å². The molecule has 0 bridgehead atoms. The molecule has 0 aliphatic rings. The number of rotatable bonds is 6. The van der Waals surface area contributed by atoms with E-state index in [0.717, 1.165) is 28.7 Å². The van der Waals surface area contributed by atoms with Crippen molar-refractivity contribution < 1.29 is 4.79 Å². The summed E-state index contributed by atoms with van der Waals surface area (Å²) in [5, 5.41) is 3.29. The molecular weight excluding hydrogens is 372 g/mol. The number of carbonyl (C=O) groups is 1. The number of halogens is 2. The minimum Gasteiger partial charge on any atom is -0.352 e. The van der Waals surface area contributed by atoms with Crippen LogP contribution in [0.15, 0.2) is 28.1 Å². The van der Waals surface area contributed by atoms with Crippen molar-refractivity contribution in [1.82, 2.24) is 10.3 Å². The molecule has 2 aromatic heterocycles. The van der Waals surface area contributed by atoms with Crippen LogP contribution in [0.2, 0.25) is 5.15 Å². The van der Waals surface area contributed by atoms with E-state index >= 15 is 0 Å². The summed E-state index contributed by atoms with van der Waals surface area (Å²) in [5.74, 6) is -0.104. The molecule has 0 unspecified atom stereocenters. The summed E-state index contributed by atoms with van der Waals surface area (Å²) in [6.07, 6.45) is 2.62. The Kier molecular flexibility index (Phi) is 6.21. The Hall–Kier alpha value is -0.910. The third kappa shape index (κ3) is 5.09. The first-order valence-electron chi connectivity index (χ1n) is 6.77. The smallest absolute Gasteiger partial charge is 0.251 e. The molecule has 0 aliphatic carbocycles. The van der Waals surface area contributed by atoms with E-state index in [9.17, 15) is 4.79 Å². The maximum Gasteiger partial charge on any atom is 0.251 e. The van der Waals surface area contributed by atoms with E-state index in [2.05, 4.69) is 39.2 Å². The maximum absolute atomic E-state index is 12.1. The number of aromatic nitrogens is 1. The number of amides is 1. The Morgan fingerprint density at radius 1 is 1.38 bits per heavy atom. The summed E-state index contributed by atoms with van der Waals surface area (Å²) in [6.45, 7) is 2.68. The van der Waals surface area contributed by atoms with Gasteiger partial charge in [0.1, 0.15) is 5.15 Å². The summed E-state index contributed by atoms with van der Waals surface area (Å²) < 4.78 is 1.11. The standard InChI is InChI=1S/C15H16BrClN2OS/c1-2-3-11-8-10(9-14(17)19-11)15(20)18-7-6-12-4-5-13(16)21-12/h4-5,8-9H,2-3,6-7H2,1H3,(H,18,20). The third-order valence-electron chi connectivity index (χ3n) is 2.90. The van der Waals surface area contributed by atoms with Crippen LogP contribution in [-0.4, -0.2) is 17.4 Å². The van der Waals surface area contributed by atoms with Crippen molar-refractivity contribution in [3.05, 3.63) is 49.3 Å². The Morgan fingerprint density at radius 3 is 2.86 bits per heavy atom. The van der Waals surface area contributed by atoms with E-state index in [1.165, 1.54) is 4.88 Å². The molecule has 0 spiro atoms. The summed E-state index contributed by atoms with van der Waals surface area (Å²) in [5.41, 5.74) is 1.43. The van der Waals surface area contributed by atoms with E-state index in [4.69, 9.17) is 11.6 Å². The van der Waals surface area contributed by atoms with Gasteiger partial charge in [-0.3, -0.25) is 4.79 Å². The predicted octanol–water partition coefficient (Wildman–Crippen LogP) is 4.48. The highest BCUT2D eigenvalue weighted by Crippen LogP contribution is 2.22. The third-order valence-corrected chi connectivity index (χ3v) is 4.78. The van der Waals surface area contributed by atoms with Gasteiger partial charge in [-0.05, 0) is 53.0 Å². The topological polar surface area (TPSA) is 42.0 Å². The van der Waals surface area contributed by atoms with E-state index in [1.54, 1.807) is 17.4 Å². The average Bonchev–Trinajstić information content (AvgIpc) is 2.84. The van der Waals surface area contributed by atoms with Crippen molar-refractivity contribution in [1.29, 1.82) is 0 Å². The number of aryl methyl sites for hydroxylation is 1. The minimum atomic E-state index is -0.104. The lowest BCUT2D eigenvalue weighted by Crippen LogP contribution is -2.25. The lowest BCUT2D eigenvalue weighted by molar-refractivity contribution is 0.0954. The van der Waals surface area contributed by atoms with Crippen molar-refractivity contribution in [2.45, 2.75) is 26.2 Å². The molecule has 0 radical (unpaired) electrons. The van der Waals surface area contributed by atoms with Crippen LogP contribution in [0.5, 0.6) is 0 Å². The fraction of sp³-hybridized carbons (Fsp3) is 0.333. The molecule has 6 heteroatoms. The quantitative estimate of drug-likeness (QED) is 0.742. The highest BCUT2D eigenvalue weighted by molar-refractivity contribution is 9.11. The molecule has 2 rings (SSSR count). The van der Waals surface area contributed by atoms with Crippen LogP contribution in [0.25, 0.3) is 0 Å². The Balaban J connectivity index is 1.93. The van der Waals surface area contributed by atoms with Crippen LogP contribution in [0.4, 0.5) is 0 Å². The first-order valence-corrected chi connectivity index (χ1v) is 8.76. The van der Waals surface area contributed by atoms with Crippen LogP contribution in [0, 0.1) is 0 Å². The van der Waals surface area contributed by atoms with E-state index < -0.39 is 0 Å². The van der Waals surface area contributed by atoms with Gasteiger partial charge >= 0.3 is 0 Å². The van der Waals surface area contributed by atoms with Crippen molar-refractivity contribution in [2.24, 2.45) is 0 Å². The van der Waals surface area contributed by atoms with Gasteiger partial charge in [-0.1, -0.05) is 24.9 Å². The zero-order valence-corrected chi connectivity index (χ0v) is 14.8. The molecule has 0 atom stereocenters. The Morgan fingerprint density at radius 2 is 2.19 bits per heavy atom. The van der Waals surface area contributed by atoms with Crippen LogP contribution < -0.4 is 5.32 Å². The normalized spacial score (nSPS) is 10.6. The molecule has 0 fully saturated rings. The highest BCUT2D eigenvalue weighted by Gasteiger charge is 2.09. The maximum atomic E-state index is 12.1.